The lowest BCUT2D eigenvalue weighted by Crippen LogP contribution is -2.21. The van der Waals surface area contributed by atoms with Crippen molar-refractivity contribution in [2.24, 2.45) is 12.1 Å². The summed E-state index contributed by atoms with van der Waals surface area (Å²) in [5.41, 5.74) is 3.27. The number of hydrogen-bond acceptors (Lipinski definition) is 3. The fourth-order valence-corrected chi connectivity index (χ4v) is 2.00. The number of benzene rings is 1. The number of rotatable bonds is 3. The average molecular weight is 325 g/mol. The lowest BCUT2D eigenvalue weighted by molar-refractivity contribution is 0.0945. The van der Waals surface area contributed by atoms with Gasteiger partial charge in [0.25, 0.3) is 5.91 Å². The lowest BCUT2D eigenvalue weighted by Gasteiger charge is -2.00. The molecule has 0 saturated carbocycles. The number of nitrogens with one attached hydrogen (secondary N) is 1. The van der Waals surface area contributed by atoms with Gasteiger partial charge >= 0.3 is 0 Å². The van der Waals surface area contributed by atoms with Gasteiger partial charge in [-0.25, -0.2) is 9.82 Å². The molecule has 7 heteroatoms. The molecule has 0 fully saturated rings. The standard InChI is InChI=1S/C12H10BrFN4O/c1-18-11(10(13)7-16-18)12(19)17-15-6-8-3-2-4-9(14)5-8/h2-7H,1H3,(H,17,19)/b15-6-. The quantitative estimate of drug-likeness (QED) is 0.694. The van der Waals surface area contributed by atoms with E-state index >= 15 is 0 Å². The number of aryl methyl sites for hydroxylation is 1. The van der Waals surface area contributed by atoms with E-state index < -0.39 is 5.91 Å². The summed E-state index contributed by atoms with van der Waals surface area (Å²) in [5.74, 6) is -0.760. The summed E-state index contributed by atoms with van der Waals surface area (Å²) >= 11 is 3.22. The van der Waals surface area contributed by atoms with Crippen molar-refractivity contribution in [1.29, 1.82) is 0 Å². The molecular formula is C12H10BrFN4O. The molecule has 1 amide bonds. The molecule has 1 aromatic heterocycles. The predicted octanol–water partition coefficient (Wildman–Crippen LogP) is 2.09. The van der Waals surface area contributed by atoms with Crippen molar-refractivity contribution in [3.05, 3.63) is 52.0 Å². The molecule has 5 nitrogen and oxygen atoms in total. The first-order chi connectivity index (χ1) is 9.08. The molecule has 2 rings (SSSR count). The monoisotopic (exact) mass is 324 g/mol. The third kappa shape index (κ3) is 3.25. The first kappa shape index (κ1) is 13.4. The van der Waals surface area contributed by atoms with Crippen molar-refractivity contribution >= 4 is 28.1 Å². The zero-order valence-electron chi connectivity index (χ0n) is 9.97. The second-order valence-electron chi connectivity index (χ2n) is 3.72. The Morgan fingerprint density at radius 1 is 1.58 bits per heavy atom. The van der Waals surface area contributed by atoms with Crippen molar-refractivity contribution < 1.29 is 9.18 Å². The molecule has 0 aliphatic heterocycles. The SMILES string of the molecule is Cn1ncc(Br)c1C(=O)N/N=C\c1cccc(F)c1. The Labute approximate surface area is 117 Å². The molecule has 0 aliphatic rings. The highest BCUT2D eigenvalue weighted by molar-refractivity contribution is 9.10. The molecule has 0 aliphatic carbocycles. The highest BCUT2D eigenvalue weighted by Gasteiger charge is 2.14. The van der Waals surface area contributed by atoms with Crippen LogP contribution in [0.3, 0.4) is 0 Å². The van der Waals surface area contributed by atoms with Crippen molar-refractivity contribution in [3.8, 4) is 0 Å². The minimum atomic E-state index is -0.403. The van der Waals surface area contributed by atoms with Crippen LogP contribution in [0.4, 0.5) is 4.39 Å². The Morgan fingerprint density at radius 2 is 2.37 bits per heavy atom. The maximum absolute atomic E-state index is 12.9. The van der Waals surface area contributed by atoms with E-state index in [4.69, 9.17) is 0 Å². The van der Waals surface area contributed by atoms with Gasteiger partial charge in [0.15, 0.2) is 0 Å². The summed E-state index contributed by atoms with van der Waals surface area (Å²) < 4.78 is 14.9. The fraction of sp³-hybridized carbons (Fsp3) is 0.0833. The van der Waals surface area contributed by atoms with Gasteiger partial charge in [0.1, 0.15) is 11.5 Å². The summed E-state index contributed by atoms with van der Waals surface area (Å²) in [7, 11) is 1.65. The molecule has 0 atom stereocenters. The molecule has 2 aromatic rings. The summed E-state index contributed by atoms with van der Waals surface area (Å²) in [4.78, 5) is 11.8. The molecule has 19 heavy (non-hydrogen) atoms. The highest BCUT2D eigenvalue weighted by Crippen LogP contribution is 2.14. The maximum Gasteiger partial charge on any atom is 0.290 e. The zero-order chi connectivity index (χ0) is 13.8. The Kier molecular flexibility index (Phi) is 4.06. The molecule has 1 N–H and O–H groups in total. The maximum atomic E-state index is 12.9. The van der Waals surface area contributed by atoms with E-state index in [1.807, 2.05) is 0 Å². The van der Waals surface area contributed by atoms with Crippen LogP contribution in [0.2, 0.25) is 0 Å². The van der Waals surface area contributed by atoms with E-state index in [0.717, 1.165) is 0 Å². The van der Waals surface area contributed by atoms with E-state index in [1.54, 1.807) is 19.2 Å². The number of halogens is 2. The van der Waals surface area contributed by atoms with Crippen LogP contribution in [-0.4, -0.2) is 21.9 Å². The molecule has 1 aromatic carbocycles. The Balaban J connectivity index is 2.05. The smallest absolute Gasteiger partial charge is 0.266 e. The number of nitrogens with zero attached hydrogens (tertiary/aromatic N) is 3. The Hall–Kier alpha value is -2.02. The number of amides is 1. The molecule has 0 radical (unpaired) electrons. The average Bonchev–Trinajstić information content (AvgIpc) is 2.69. The third-order valence-corrected chi connectivity index (χ3v) is 2.92. The molecule has 0 bridgehead atoms. The second kappa shape index (κ2) is 5.75. The van der Waals surface area contributed by atoms with Gasteiger partial charge in [-0.1, -0.05) is 12.1 Å². The summed E-state index contributed by atoms with van der Waals surface area (Å²) in [6.45, 7) is 0. The van der Waals surface area contributed by atoms with Gasteiger partial charge in [0.05, 0.1) is 16.9 Å². The second-order valence-corrected chi connectivity index (χ2v) is 4.57. The van der Waals surface area contributed by atoms with Gasteiger partial charge in [-0.05, 0) is 33.6 Å². The summed E-state index contributed by atoms with van der Waals surface area (Å²) in [5, 5.41) is 7.69. The van der Waals surface area contributed by atoms with Crippen molar-refractivity contribution in [1.82, 2.24) is 15.2 Å². The van der Waals surface area contributed by atoms with Gasteiger partial charge in [0.2, 0.25) is 0 Å². The van der Waals surface area contributed by atoms with Gasteiger partial charge in [-0.2, -0.15) is 10.2 Å². The normalized spacial score (nSPS) is 10.9. The van der Waals surface area contributed by atoms with E-state index in [1.165, 1.54) is 29.2 Å². The Bertz CT molecular complexity index is 619. The van der Waals surface area contributed by atoms with Gasteiger partial charge in [-0.15, -0.1) is 0 Å². The molecule has 0 spiro atoms. The van der Waals surface area contributed by atoms with Crippen LogP contribution in [0.1, 0.15) is 16.1 Å². The van der Waals surface area contributed by atoms with Crippen LogP contribution in [0.25, 0.3) is 0 Å². The van der Waals surface area contributed by atoms with E-state index in [9.17, 15) is 9.18 Å². The van der Waals surface area contributed by atoms with Crippen molar-refractivity contribution in [2.45, 2.75) is 0 Å². The predicted molar refractivity (Wildman–Crippen MR) is 72.4 cm³/mol. The van der Waals surface area contributed by atoms with Crippen molar-refractivity contribution in [3.63, 3.8) is 0 Å². The van der Waals surface area contributed by atoms with Crippen molar-refractivity contribution in [2.75, 3.05) is 0 Å². The zero-order valence-corrected chi connectivity index (χ0v) is 11.6. The van der Waals surface area contributed by atoms with Crippen LogP contribution in [0.5, 0.6) is 0 Å². The first-order valence-corrected chi connectivity index (χ1v) is 6.13. The number of carbonyl (C=O) groups excluding carboxylic acids is 1. The van der Waals surface area contributed by atoms with Gasteiger partial charge < -0.3 is 0 Å². The van der Waals surface area contributed by atoms with E-state index in [-0.39, 0.29) is 5.82 Å². The molecule has 0 unspecified atom stereocenters. The number of hydrogen-bond donors (Lipinski definition) is 1. The third-order valence-electron chi connectivity index (χ3n) is 2.34. The fourth-order valence-electron chi connectivity index (χ4n) is 1.47. The van der Waals surface area contributed by atoms with E-state index in [2.05, 4.69) is 31.6 Å². The summed E-state index contributed by atoms with van der Waals surface area (Å²) in [6, 6.07) is 5.90. The topological polar surface area (TPSA) is 59.3 Å². The van der Waals surface area contributed by atoms with Gasteiger partial charge in [-0.3, -0.25) is 9.48 Å². The lowest BCUT2D eigenvalue weighted by atomic mass is 10.2. The van der Waals surface area contributed by atoms with E-state index in [0.29, 0.717) is 15.7 Å². The molecule has 0 saturated heterocycles. The van der Waals surface area contributed by atoms with Crippen LogP contribution >= 0.6 is 15.9 Å². The van der Waals surface area contributed by atoms with Crippen LogP contribution in [-0.2, 0) is 7.05 Å². The number of hydrazone groups is 1. The molecular weight excluding hydrogens is 315 g/mol. The number of carbonyl (C=O) groups is 1. The minimum Gasteiger partial charge on any atom is -0.266 e. The summed E-state index contributed by atoms with van der Waals surface area (Å²) in [6.07, 6.45) is 2.89. The minimum absolute atomic E-state index is 0.357. The largest absolute Gasteiger partial charge is 0.290 e. The van der Waals surface area contributed by atoms with Crippen LogP contribution < -0.4 is 5.43 Å². The van der Waals surface area contributed by atoms with Gasteiger partial charge in [0, 0.05) is 7.05 Å². The first-order valence-electron chi connectivity index (χ1n) is 5.34. The highest BCUT2D eigenvalue weighted by atomic mass is 79.9. The molecule has 1 heterocycles. The Morgan fingerprint density at radius 3 is 3.00 bits per heavy atom. The van der Waals surface area contributed by atoms with Crippen LogP contribution in [0.15, 0.2) is 40.0 Å². The molecule has 98 valence electrons. The van der Waals surface area contributed by atoms with Crippen LogP contribution in [0, 0.1) is 5.82 Å². The number of aromatic nitrogens is 2.